The number of esters is 1. The Bertz CT molecular complexity index is 240. The quantitative estimate of drug-likeness (QED) is 0.641. The SMILES string of the molecule is CCC(C)(CCO)NC(C(=O)OC)C1CC1. The highest BCUT2D eigenvalue weighted by atomic mass is 16.5. The molecule has 0 heterocycles. The third-order valence-electron chi connectivity index (χ3n) is 3.50. The van der Waals surface area contributed by atoms with E-state index >= 15 is 0 Å². The minimum Gasteiger partial charge on any atom is -0.468 e. The van der Waals surface area contributed by atoms with Crippen LogP contribution >= 0.6 is 0 Å². The molecule has 0 spiro atoms. The van der Waals surface area contributed by atoms with Crippen LogP contribution in [0, 0.1) is 5.92 Å². The van der Waals surface area contributed by atoms with Crippen molar-refractivity contribution in [3.63, 3.8) is 0 Å². The summed E-state index contributed by atoms with van der Waals surface area (Å²) in [6, 6.07) is -0.207. The van der Waals surface area contributed by atoms with Gasteiger partial charge in [0.05, 0.1) is 7.11 Å². The van der Waals surface area contributed by atoms with Gasteiger partial charge in [0, 0.05) is 12.1 Å². The summed E-state index contributed by atoms with van der Waals surface area (Å²) >= 11 is 0. The number of hydrogen-bond acceptors (Lipinski definition) is 4. The van der Waals surface area contributed by atoms with Crippen LogP contribution in [0.3, 0.4) is 0 Å². The van der Waals surface area contributed by atoms with Crippen LogP contribution in [0.2, 0.25) is 0 Å². The molecule has 0 saturated heterocycles. The smallest absolute Gasteiger partial charge is 0.323 e. The lowest BCUT2D eigenvalue weighted by Gasteiger charge is -2.33. The zero-order valence-electron chi connectivity index (χ0n) is 10.5. The Balaban J connectivity index is 2.61. The van der Waals surface area contributed by atoms with E-state index < -0.39 is 0 Å². The summed E-state index contributed by atoms with van der Waals surface area (Å²) in [5, 5.41) is 12.4. The zero-order chi connectivity index (χ0) is 12.2. The second-order valence-electron chi connectivity index (χ2n) is 4.87. The van der Waals surface area contributed by atoms with Crippen LogP contribution in [0.25, 0.3) is 0 Å². The third-order valence-corrected chi connectivity index (χ3v) is 3.50. The summed E-state index contributed by atoms with van der Waals surface area (Å²) in [5.41, 5.74) is -0.184. The highest BCUT2D eigenvalue weighted by Gasteiger charge is 2.40. The van der Waals surface area contributed by atoms with E-state index in [1.54, 1.807) is 0 Å². The first-order valence-electron chi connectivity index (χ1n) is 6.02. The maximum absolute atomic E-state index is 11.6. The Morgan fingerprint density at radius 3 is 2.62 bits per heavy atom. The maximum Gasteiger partial charge on any atom is 0.323 e. The molecule has 0 bridgehead atoms. The number of methoxy groups -OCH3 is 1. The maximum atomic E-state index is 11.6. The Kier molecular flexibility index (Phi) is 4.74. The molecule has 2 N–H and O–H groups in total. The first-order chi connectivity index (χ1) is 7.56. The molecule has 94 valence electrons. The van der Waals surface area contributed by atoms with Gasteiger partial charge in [-0.3, -0.25) is 10.1 Å². The largest absolute Gasteiger partial charge is 0.468 e. The van der Waals surface area contributed by atoms with Crippen molar-refractivity contribution in [3.8, 4) is 0 Å². The average molecular weight is 229 g/mol. The molecule has 2 unspecified atom stereocenters. The predicted molar refractivity (Wildman–Crippen MR) is 62.1 cm³/mol. The van der Waals surface area contributed by atoms with Gasteiger partial charge in [0.1, 0.15) is 6.04 Å². The molecule has 1 saturated carbocycles. The van der Waals surface area contributed by atoms with Crippen LogP contribution in [0.15, 0.2) is 0 Å². The molecule has 0 radical (unpaired) electrons. The van der Waals surface area contributed by atoms with Crippen LogP contribution in [0.1, 0.15) is 39.5 Å². The molecule has 0 aromatic rings. The van der Waals surface area contributed by atoms with Gasteiger partial charge in [-0.2, -0.15) is 0 Å². The van der Waals surface area contributed by atoms with Gasteiger partial charge in [0.25, 0.3) is 0 Å². The second-order valence-corrected chi connectivity index (χ2v) is 4.87. The van der Waals surface area contributed by atoms with Crippen molar-refractivity contribution in [1.82, 2.24) is 5.32 Å². The van der Waals surface area contributed by atoms with Crippen molar-refractivity contribution in [2.24, 2.45) is 5.92 Å². The normalized spacial score (nSPS) is 21.2. The Morgan fingerprint density at radius 2 is 2.25 bits per heavy atom. The molecule has 16 heavy (non-hydrogen) atoms. The molecule has 4 nitrogen and oxygen atoms in total. The van der Waals surface area contributed by atoms with Crippen LogP contribution < -0.4 is 5.32 Å². The number of carbonyl (C=O) groups is 1. The van der Waals surface area contributed by atoms with E-state index in [2.05, 4.69) is 12.2 Å². The van der Waals surface area contributed by atoms with Gasteiger partial charge in [0.15, 0.2) is 0 Å². The van der Waals surface area contributed by atoms with Crippen LogP contribution in [0.4, 0.5) is 0 Å². The number of rotatable bonds is 7. The molecule has 1 fully saturated rings. The summed E-state index contributed by atoms with van der Waals surface area (Å²) in [7, 11) is 1.43. The Morgan fingerprint density at radius 1 is 1.62 bits per heavy atom. The van der Waals surface area contributed by atoms with E-state index in [9.17, 15) is 4.79 Å². The number of aliphatic hydroxyl groups excluding tert-OH is 1. The van der Waals surface area contributed by atoms with E-state index in [-0.39, 0.29) is 24.2 Å². The van der Waals surface area contributed by atoms with Gasteiger partial charge < -0.3 is 9.84 Å². The summed E-state index contributed by atoms with van der Waals surface area (Å²) in [4.78, 5) is 11.6. The summed E-state index contributed by atoms with van der Waals surface area (Å²) in [5.74, 6) is 0.233. The average Bonchev–Trinajstić information content (AvgIpc) is 3.09. The van der Waals surface area contributed by atoms with Crippen LogP contribution in [-0.2, 0) is 9.53 Å². The van der Waals surface area contributed by atoms with Crippen molar-refractivity contribution < 1.29 is 14.6 Å². The van der Waals surface area contributed by atoms with E-state index in [1.807, 2.05) is 6.92 Å². The zero-order valence-corrected chi connectivity index (χ0v) is 10.5. The van der Waals surface area contributed by atoms with Gasteiger partial charge >= 0.3 is 5.97 Å². The number of nitrogens with one attached hydrogen (secondary N) is 1. The van der Waals surface area contributed by atoms with Gasteiger partial charge in [0.2, 0.25) is 0 Å². The molecule has 0 amide bonds. The Hall–Kier alpha value is -0.610. The lowest BCUT2D eigenvalue weighted by atomic mass is 9.93. The molecule has 0 aromatic carbocycles. The topological polar surface area (TPSA) is 58.6 Å². The molecule has 0 aromatic heterocycles. The highest BCUT2D eigenvalue weighted by molar-refractivity contribution is 5.76. The van der Waals surface area contributed by atoms with Crippen molar-refractivity contribution in [1.29, 1.82) is 0 Å². The Labute approximate surface area is 97.4 Å². The molecular formula is C12H23NO3. The molecule has 4 heteroatoms. The number of aliphatic hydroxyl groups is 1. The number of carbonyl (C=O) groups excluding carboxylic acids is 1. The van der Waals surface area contributed by atoms with Crippen LogP contribution in [-0.4, -0.2) is 36.4 Å². The number of ether oxygens (including phenoxy) is 1. The lowest BCUT2D eigenvalue weighted by molar-refractivity contribution is -0.144. The highest BCUT2D eigenvalue weighted by Crippen LogP contribution is 2.34. The van der Waals surface area contributed by atoms with Crippen molar-refractivity contribution >= 4 is 5.97 Å². The van der Waals surface area contributed by atoms with E-state index in [0.717, 1.165) is 19.3 Å². The molecular weight excluding hydrogens is 206 g/mol. The molecule has 1 aliphatic rings. The van der Waals surface area contributed by atoms with Crippen molar-refractivity contribution in [2.75, 3.05) is 13.7 Å². The predicted octanol–water partition coefficient (Wildman–Crippen LogP) is 1.08. The molecule has 1 aliphatic carbocycles. The molecule has 2 atom stereocenters. The first kappa shape index (κ1) is 13.5. The monoisotopic (exact) mass is 229 g/mol. The standard InChI is InChI=1S/C12H23NO3/c1-4-12(2,7-8-14)13-10(9-5-6-9)11(15)16-3/h9-10,13-14H,4-8H2,1-3H3. The fraction of sp³-hybridized carbons (Fsp3) is 0.917. The minimum atomic E-state index is -0.207. The third kappa shape index (κ3) is 3.46. The molecule has 0 aliphatic heterocycles. The van der Waals surface area contributed by atoms with E-state index in [1.165, 1.54) is 7.11 Å². The van der Waals surface area contributed by atoms with Crippen molar-refractivity contribution in [3.05, 3.63) is 0 Å². The fourth-order valence-electron chi connectivity index (χ4n) is 1.90. The summed E-state index contributed by atoms with van der Waals surface area (Å²) < 4.78 is 4.82. The van der Waals surface area contributed by atoms with Crippen LogP contribution in [0.5, 0.6) is 0 Å². The first-order valence-corrected chi connectivity index (χ1v) is 6.02. The van der Waals surface area contributed by atoms with E-state index in [0.29, 0.717) is 12.3 Å². The van der Waals surface area contributed by atoms with Gasteiger partial charge in [-0.1, -0.05) is 6.92 Å². The second kappa shape index (κ2) is 5.64. The fourth-order valence-corrected chi connectivity index (χ4v) is 1.90. The van der Waals surface area contributed by atoms with Gasteiger partial charge in [-0.15, -0.1) is 0 Å². The number of hydrogen-bond donors (Lipinski definition) is 2. The minimum absolute atomic E-state index is 0.135. The summed E-state index contributed by atoms with van der Waals surface area (Å²) in [6.07, 6.45) is 3.72. The van der Waals surface area contributed by atoms with Crippen molar-refractivity contribution in [2.45, 2.75) is 51.1 Å². The summed E-state index contributed by atoms with van der Waals surface area (Å²) in [6.45, 7) is 4.24. The van der Waals surface area contributed by atoms with Gasteiger partial charge in [-0.25, -0.2) is 0 Å². The lowest BCUT2D eigenvalue weighted by Crippen LogP contribution is -2.52. The molecule has 1 rings (SSSR count). The van der Waals surface area contributed by atoms with E-state index in [4.69, 9.17) is 9.84 Å². The van der Waals surface area contributed by atoms with Gasteiger partial charge in [-0.05, 0) is 38.5 Å².